The number of allylic oxidation sites excluding steroid dienone is 1. The molecular formula is C13H16N4O. The number of nitrogens with zero attached hydrogens (tertiary/aromatic N) is 4. The molecule has 2 aromatic heterocycles. The lowest BCUT2D eigenvalue weighted by molar-refractivity contribution is 0.104. The van der Waals surface area contributed by atoms with Crippen molar-refractivity contribution in [3.63, 3.8) is 0 Å². The molecule has 0 saturated carbocycles. The molecular weight excluding hydrogens is 228 g/mol. The van der Waals surface area contributed by atoms with Crippen molar-refractivity contribution in [1.29, 1.82) is 0 Å². The lowest BCUT2D eigenvalue weighted by Gasteiger charge is -1.96. The van der Waals surface area contributed by atoms with Gasteiger partial charge in [0.25, 0.3) is 0 Å². The highest BCUT2D eigenvalue weighted by Crippen LogP contribution is 2.13. The van der Waals surface area contributed by atoms with Gasteiger partial charge in [0.2, 0.25) is 0 Å². The highest BCUT2D eigenvalue weighted by atomic mass is 16.1. The summed E-state index contributed by atoms with van der Waals surface area (Å²) in [7, 11) is 3.68. The summed E-state index contributed by atoms with van der Waals surface area (Å²) in [4.78, 5) is 12.1. The highest BCUT2D eigenvalue weighted by molar-refractivity contribution is 6.08. The molecule has 0 aliphatic rings. The van der Waals surface area contributed by atoms with Gasteiger partial charge < -0.3 is 0 Å². The van der Waals surface area contributed by atoms with E-state index in [0.717, 1.165) is 17.1 Å². The molecule has 0 unspecified atom stereocenters. The van der Waals surface area contributed by atoms with Gasteiger partial charge in [-0.3, -0.25) is 14.2 Å². The van der Waals surface area contributed by atoms with E-state index >= 15 is 0 Å². The summed E-state index contributed by atoms with van der Waals surface area (Å²) in [5.74, 6) is -0.0382. The fourth-order valence-corrected chi connectivity index (χ4v) is 1.90. The van der Waals surface area contributed by atoms with Crippen LogP contribution in [0, 0.1) is 13.8 Å². The van der Waals surface area contributed by atoms with E-state index in [1.165, 1.54) is 0 Å². The molecule has 0 radical (unpaired) electrons. The summed E-state index contributed by atoms with van der Waals surface area (Å²) in [6.45, 7) is 3.73. The Morgan fingerprint density at radius 2 is 2.00 bits per heavy atom. The maximum Gasteiger partial charge on any atom is 0.189 e. The van der Waals surface area contributed by atoms with E-state index in [2.05, 4.69) is 10.2 Å². The van der Waals surface area contributed by atoms with Crippen LogP contribution in [0.25, 0.3) is 6.08 Å². The van der Waals surface area contributed by atoms with Gasteiger partial charge in [0.1, 0.15) is 0 Å². The van der Waals surface area contributed by atoms with Crippen LogP contribution >= 0.6 is 0 Å². The van der Waals surface area contributed by atoms with Gasteiger partial charge in [0.05, 0.1) is 17.0 Å². The number of rotatable bonds is 3. The molecule has 0 atom stereocenters. The lowest BCUT2D eigenvalue weighted by atomic mass is 10.1. The smallest absolute Gasteiger partial charge is 0.189 e. The molecule has 2 heterocycles. The summed E-state index contributed by atoms with van der Waals surface area (Å²) in [6.07, 6.45) is 5.10. The van der Waals surface area contributed by atoms with Crippen LogP contribution in [0.4, 0.5) is 0 Å². The summed E-state index contributed by atoms with van der Waals surface area (Å²) in [6, 6.07) is 1.85. The Morgan fingerprint density at radius 1 is 1.28 bits per heavy atom. The maximum atomic E-state index is 12.1. The summed E-state index contributed by atoms with van der Waals surface area (Å²) in [5, 5.41) is 8.42. The van der Waals surface area contributed by atoms with Gasteiger partial charge in [-0.15, -0.1) is 0 Å². The molecule has 0 aliphatic heterocycles. The second-order valence-corrected chi connectivity index (χ2v) is 4.28. The maximum absolute atomic E-state index is 12.1. The molecule has 2 rings (SSSR count). The van der Waals surface area contributed by atoms with Crippen molar-refractivity contribution < 1.29 is 4.79 Å². The van der Waals surface area contributed by atoms with Crippen LogP contribution in [-0.4, -0.2) is 25.3 Å². The normalized spacial score (nSPS) is 11.3. The van der Waals surface area contributed by atoms with Gasteiger partial charge in [-0.2, -0.15) is 10.2 Å². The minimum absolute atomic E-state index is 0.0382. The molecule has 0 bridgehead atoms. The molecule has 0 N–H and O–H groups in total. The number of aryl methyl sites for hydroxylation is 3. The number of ketones is 1. The predicted octanol–water partition coefficient (Wildman–Crippen LogP) is 1.67. The average Bonchev–Trinajstić information content (AvgIpc) is 2.82. The fourth-order valence-electron chi connectivity index (χ4n) is 1.90. The Morgan fingerprint density at radius 3 is 2.50 bits per heavy atom. The van der Waals surface area contributed by atoms with E-state index in [1.807, 2.05) is 40.2 Å². The Balaban J connectivity index is 2.25. The van der Waals surface area contributed by atoms with Crippen molar-refractivity contribution in [2.75, 3.05) is 0 Å². The molecule has 18 heavy (non-hydrogen) atoms. The molecule has 0 saturated heterocycles. The van der Waals surface area contributed by atoms with Crippen molar-refractivity contribution in [3.8, 4) is 0 Å². The number of hydrogen-bond donors (Lipinski definition) is 0. The second kappa shape index (κ2) is 4.60. The highest BCUT2D eigenvalue weighted by Gasteiger charge is 2.14. The largest absolute Gasteiger partial charge is 0.289 e. The van der Waals surface area contributed by atoms with E-state index in [0.29, 0.717) is 5.56 Å². The third kappa shape index (κ3) is 2.25. The quantitative estimate of drug-likeness (QED) is 0.609. The third-order valence-corrected chi connectivity index (χ3v) is 2.90. The Hall–Kier alpha value is -2.17. The first-order valence-corrected chi connectivity index (χ1v) is 5.71. The van der Waals surface area contributed by atoms with Crippen LogP contribution in [0.3, 0.4) is 0 Å². The molecule has 94 valence electrons. The molecule has 0 aromatic carbocycles. The summed E-state index contributed by atoms with van der Waals surface area (Å²) >= 11 is 0. The first kappa shape index (κ1) is 12.3. The number of hydrogen-bond acceptors (Lipinski definition) is 3. The monoisotopic (exact) mass is 244 g/mol. The van der Waals surface area contributed by atoms with Crippen molar-refractivity contribution in [2.24, 2.45) is 14.1 Å². The molecule has 5 heteroatoms. The molecule has 0 fully saturated rings. The first-order valence-electron chi connectivity index (χ1n) is 5.71. The molecule has 0 aliphatic carbocycles. The molecule has 0 spiro atoms. The predicted molar refractivity (Wildman–Crippen MR) is 69.3 cm³/mol. The van der Waals surface area contributed by atoms with Crippen LogP contribution < -0.4 is 0 Å². The zero-order valence-corrected chi connectivity index (χ0v) is 11.0. The van der Waals surface area contributed by atoms with Gasteiger partial charge in [-0.05, 0) is 32.1 Å². The van der Waals surface area contributed by atoms with Gasteiger partial charge in [0.15, 0.2) is 5.78 Å². The van der Waals surface area contributed by atoms with Gasteiger partial charge >= 0.3 is 0 Å². The van der Waals surface area contributed by atoms with Crippen LogP contribution in [0.5, 0.6) is 0 Å². The van der Waals surface area contributed by atoms with Crippen molar-refractivity contribution in [3.05, 3.63) is 41.0 Å². The van der Waals surface area contributed by atoms with Gasteiger partial charge in [0, 0.05) is 26.0 Å². The van der Waals surface area contributed by atoms with Crippen LogP contribution in [0.1, 0.15) is 27.4 Å². The van der Waals surface area contributed by atoms with E-state index in [1.54, 1.807) is 21.5 Å². The molecule has 2 aromatic rings. The van der Waals surface area contributed by atoms with E-state index in [-0.39, 0.29) is 5.78 Å². The van der Waals surface area contributed by atoms with Crippen LogP contribution in [-0.2, 0) is 14.1 Å². The van der Waals surface area contributed by atoms with Crippen molar-refractivity contribution in [2.45, 2.75) is 13.8 Å². The Labute approximate surface area is 106 Å². The van der Waals surface area contributed by atoms with Gasteiger partial charge in [-0.25, -0.2) is 0 Å². The second-order valence-electron chi connectivity index (χ2n) is 4.28. The minimum Gasteiger partial charge on any atom is -0.289 e. The SMILES string of the molecule is Cc1nn(C)c(C)c1C(=O)/C=C/c1ccn(C)n1. The van der Waals surface area contributed by atoms with Crippen molar-refractivity contribution >= 4 is 11.9 Å². The average molecular weight is 244 g/mol. The van der Waals surface area contributed by atoms with E-state index < -0.39 is 0 Å². The van der Waals surface area contributed by atoms with Crippen LogP contribution in [0.15, 0.2) is 18.3 Å². The summed E-state index contributed by atoms with van der Waals surface area (Å²) < 4.78 is 3.42. The number of carbonyl (C=O) groups is 1. The summed E-state index contributed by atoms with van der Waals surface area (Å²) in [5.41, 5.74) is 3.07. The molecule has 5 nitrogen and oxygen atoms in total. The topological polar surface area (TPSA) is 52.7 Å². The number of carbonyl (C=O) groups excluding carboxylic acids is 1. The zero-order valence-electron chi connectivity index (χ0n) is 11.0. The van der Waals surface area contributed by atoms with Crippen molar-refractivity contribution in [1.82, 2.24) is 19.6 Å². The standard InChI is InChI=1S/C13H16N4O/c1-9-13(10(2)17(4)14-9)12(18)6-5-11-7-8-16(3)15-11/h5-8H,1-4H3/b6-5+. The third-order valence-electron chi connectivity index (χ3n) is 2.90. The minimum atomic E-state index is -0.0382. The Bertz CT molecular complexity index is 619. The fraction of sp³-hybridized carbons (Fsp3) is 0.308. The lowest BCUT2D eigenvalue weighted by Crippen LogP contribution is -1.99. The first-order chi connectivity index (χ1) is 8.49. The van der Waals surface area contributed by atoms with Crippen LogP contribution in [0.2, 0.25) is 0 Å². The zero-order chi connectivity index (χ0) is 13.3. The van der Waals surface area contributed by atoms with Gasteiger partial charge in [-0.1, -0.05) is 0 Å². The molecule has 0 amide bonds. The number of aromatic nitrogens is 4. The van der Waals surface area contributed by atoms with E-state index in [4.69, 9.17) is 0 Å². The Kier molecular flexibility index (Phi) is 3.14. The van der Waals surface area contributed by atoms with E-state index in [9.17, 15) is 4.79 Å².